The van der Waals surface area contributed by atoms with E-state index in [9.17, 15) is 8.42 Å². The topological polar surface area (TPSA) is 58.2 Å². The zero-order chi connectivity index (χ0) is 15.0. The van der Waals surface area contributed by atoms with Crippen LogP contribution < -0.4 is 10.0 Å². The highest BCUT2D eigenvalue weighted by atomic mass is 32.2. The summed E-state index contributed by atoms with van der Waals surface area (Å²) < 4.78 is 28.1. The lowest BCUT2D eigenvalue weighted by Gasteiger charge is -2.25. The Kier molecular flexibility index (Phi) is 4.59. The van der Waals surface area contributed by atoms with E-state index in [0.717, 1.165) is 18.4 Å². The molecule has 0 aliphatic heterocycles. The van der Waals surface area contributed by atoms with Gasteiger partial charge >= 0.3 is 0 Å². The Morgan fingerprint density at radius 1 is 1.40 bits per heavy atom. The Hall–Kier alpha value is -0.430. The minimum absolute atomic E-state index is 0.348. The summed E-state index contributed by atoms with van der Waals surface area (Å²) in [5, 5.41) is 5.21. The average molecular weight is 316 g/mol. The third kappa shape index (κ3) is 4.04. The van der Waals surface area contributed by atoms with Gasteiger partial charge in [0.15, 0.2) is 0 Å². The monoisotopic (exact) mass is 316 g/mol. The van der Waals surface area contributed by atoms with Crippen molar-refractivity contribution < 1.29 is 8.42 Å². The fourth-order valence-electron chi connectivity index (χ4n) is 2.19. The maximum absolute atomic E-state index is 12.4. The van der Waals surface area contributed by atoms with Crippen LogP contribution in [-0.2, 0) is 16.6 Å². The van der Waals surface area contributed by atoms with Crippen LogP contribution in [0.15, 0.2) is 15.7 Å². The summed E-state index contributed by atoms with van der Waals surface area (Å²) in [7, 11) is -3.40. The van der Waals surface area contributed by atoms with Gasteiger partial charge in [-0.05, 0) is 49.6 Å². The van der Waals surface area contributed by atoms with E-state index in [1.807, 2.05) is 19.2 Å². The fraction of sp³-hybridized carbons (Fsp3) is 0.714. The Balaban J connectivity index is 2.06. The van der Waals surface area contributed by atoms with Crippen LogP contribution in [0, 0.1) is 5.92 Å². The van der Waals surface area contributed by atoms with Crippen molar-refractivity contribution in [1.29, 1.82) is 0 Å². The van der Waals surface area contributed by atoms with Gasteiger partial charge in [-0.15, -0.1) is 11.3 Å². The summed E-state index contributed by atoms with van der Waals surface area (Å²) in [6.45, 7) is 8.79. The predicted octanol–water partition coefficient (Wildman–Crippen LogP) is 2.71. The quantitative estimate of drug-likeness (QED) is 0.813. The van der Waals surface area contributed by atoms with E-state index in [0.29, 0.717) is 22.7 Å². The van der Waals surface area contributed by atoms with Crippen molar-refractivity contribution in [2.75, 3.05) is 0 Å². The number of rotatable bonds is 7. The van der Waals surface area contributed by atoms with E-state index < -0.39 is 10.0 Å². The summed E-state index contributed by atoms with van der Waals surface area (Å²) in [5.41, 5.74) is 0.674. The van der Waals surface area contributed by atoms with Crippen molar-refractivity contribution in [3.63, 3.8) is 0 Å². The molecule has 20 heavy (non-hydrogen) atoms. The second kappa shape index (κ2) is 5.75. The molecule has 1 fully saturated rings. The molecule has 2 N–H and O–H groups in total. The van der Waals surface area contributed by atoms with E-state index in [2.05, 4.69) is 23.9 Å². The lowest BCUT2D eigenvalue weighted by atomic mass is 10.0. The Bertz CT molecular complexity index is 557. The van der Waals surface area contributed by atoms with Gasteiger partial charge in [0.1, 0.15) is 4.21 Å². The van der Waals surface area contributed by atoms with Gasteiger partial charge in [-0.1, -0.05) is 13.8 Å². The molecule has 0 radical (unpaired) electrons. The molecule has 0 bridgehead atoms. The van der Waals surface area contributed by atoms with Crippen molar-refractivity contribution >= 4 is 21.4 Å². The van der Waals surface area contributed by atoms with Crippen LogP contribution in [0.25, 0.3) is 0 Å². The minimum atomic E-state index is -3.40. The molecule has 0 spiro atoms. The highest BCUT2D eigenvalue weighted by Crippen LogP contribution is 2.40. The van der Waals surface area contributed by atoms with Crippen LogP contribution in [0.1, 0.15) is 46.1 Å². The van der Waals surface area contributed by atoms with Gasteiger partial charge in [0.25, 0.3) is 10.0 Å². The van der Waals surface area contributed by atoms with Crippen molar-refractivity contribution in [3.8, 4) is 0 Å². The van der Waals surface area contributed by atoms with Crippen molar-refractivity contribution in [2.45, 2.75) is 62.9 Å². The average Bonchev–Trinajstić information content (AvgIpc) is 3.05. The molecule has 114 valence electrons. The lowest BCUT2D eigenvalue weighted by molar-refractivity contribution is 0.401. The molecule has 4 nitrogen and oxygen atoms in total. The van der Waals surface area contributed by atoms with Crippen LogP contribution in [0.4, 0.5) is 0 Å². The van der Waals surface area contributed by atoms with Crippen LogP contribution in [0.3, 0.4) is 0 Å². The summed E-state index contributed by atoms with van der Waals surface area (Å²) in [4.78, 5) is 0. The molecule has 0 atom stereocenters. The van der Waals surface area contributed by atoms with Gasteiger partial charge in [0, 0.05) is 18.1 Å². The van der Waals surface area contributed by atoms with Crippen molar-refractivity contribution in [2.24, 2.45) is 5.92 Å². The third-order valence-corrected chi connectivity index (χ3v) is 6.76. The molecule has 0 saturated heterocycles. The maximum atomic E-state index is 12.4. The molecule has 0 unspecified atom stereocenters. The SMILES string of the molecule is CC(C)NCc1csc(S(=O)(=O)NC(C)(C)C2CC2)c1. The Morgan fingerprint density at radius 2 is 2.05 bits per heavy atom. The second-order valence-corrected chi connectivity index (χ2v) is 9.23. The number of hydrogen-bond donors (Lipinski definition) is 2. The fourth-order valence-corrected chi connectivity index (χ4v) is 4.87. The van der Waals surface area contributed by atoms with Gasteiger partial charge in [-0.25, -0.2) is 13.1 Å². The molecule has 1 aliphatic carbocycles. The zero-order valence-corrected chi connectivity index (χ0v) is 14.2. The first-order valence-corrected chi connectivity index (χ1v) is 9.42. The first kappa shape index (κ1) is 15.9. The standard InChI is InChI=1S/C14H24N2O2S2/c1-10(2)15-8-11-7-13(19-9-11)20(17,18)16-14(3,4)12-5-6-12/h7,9-10,12,15-16H,5-6,8H2,1-4H3. The van der Waals surface area contributed by atoms with Gasteiger partial charge in [-0.3, -0.25) is 0 Å². The minimum Gasteiger partial charge on any atom is -0.310 e. The van der Waals surface area contributed by atoms with Crippen molar-refractivity contribution in [1.82, 2.24) is 10.0 Å². The molecule has 1 aromatic rings. The van der Waals surface area contributed by atoms with Crippen LogP contribution in [-0.4, -0.2) is 20.0 Å². The zero-order valence-electron chi connectivity index (χ0n) is 12.6. The molecule has 0 amide bonds. The summed E-state index contributed by atoms with van der Waals surface area (Å²) in [5.74, 6) is 0.472. The molecule has 1 aliphatic rings. The summed E-state index contributed by atoms with van der Waals surface area (Å²) in [6.07, 6.45) is 2.23. The lowest BCUT2D eigenvalue weighted by Crippen LogP contribution is -2.44. The van der Waals surface area contributed by atoms with Gasteiger partial charge < -0.3 is 5.32 Å². The highest BCUT2D eigenvalue weighted by molar-refractivity contribution is 7.91. The van der Waals surface area contributed by atoms with E-state index in [4.69, 9.17) is 0 Å². The Labute approximate surface area is 126 Å². The summed E-state index contributed by atoms with van der Waals surface area (Å²) >= 11 is 1.29. The van der Waals surface area contributed by atoms with Crippen LogP contribution >= 0.6 is 11.3 Å². The molecule has 1 heterocycles. The van der Waals surface area contributed by atoms with E-state index in [-0.39, 0.29) is 5.54 Å². The highest BCUT2D eigenvalue weighted by Gasteiger charge is 2.40. The van der Waals surface area contributed by atoms with Crippen molar-refractivity contribution in [3.05, 3.63) is 17.0 Å². The number of thiophene rings is 1. The molecular formula is C14H24N2O2S2. The van der Waals surface area contributed by atoms with Gasteiger partial charge in [0.2, 0.25) is 0 Å². The van der Waals surface area contributed by atoms with E-state index >= 15 is 0 Å². The number of sulfonamides is 1. The molecule has 0 aromatic carbocycles. The smallest absolute Gasteiger partial charge is 0.250 e. The third-order valence-electron chi connectivity index (χ3n) is 3.60. The van der Waals surface area contributed by atoms with Gasteiger partial charge in [0.05, 0.1) is 0 Å². The van der Waals surface area contributed by atoms with Crippen LogP contribution in [0.2, 0.25) is 0 Å². The molecule has 6 heteroatoms. The van der Waals surface area contributed by atoms with E-state index in [1.54, 1.807) is 6.07 Å². The maximum Gasteiger partial charge on any atom is 0.250 e. The Morgan fingerprint density at radius 3 is 2.60 bits per heavy atom. The molecular weight excluding hydrogens is 292 g/mol. The predicted molar refractivity (Wildman–Crippen MR) is 83.4 cm³/mol. The second-order valence-electron chi connectivity index (χ2n) is 6.41. The van der Waals surface area contributed by atoms with Crippen LogP contribution in [0.5, 0.6) is 0 Å². The van der Waals surface area contributed by atoms with Gasteiger partial charge in [-0.2, -0.15) is 0 Å². The number of nitrogens with one attached hydrogen (secondary N) is 2. The normalized spacial score (nSPS) is 16.9. The molecule has 1 aromatic heterocycles. The number of hydrogen-bond acceptors (Lipinski definition) is 4. The first-order chi connectivity index (χ1) is 9.21. The molecule has 1 saturated carbocycles. The van der Waals surface area contributed by atoms with E-state index in [1.165, 1.54) is 11.3 Å². The molecule has 2 rings (SSSR count). The largest absolute Gasteiger partial charge is 0.310 e. The first-order valence-electron chi connectivity index (χ1n) is 7.05. The summed E-state index contributed by atoms with van der Waals surface area (Å²) in [6, 6.07) is 2.16.